The van der Waals surface area contributed by atoms with Crippen molar-refractivity contribution >= 4 is 23.3 Å². The fraction of sp³-hybridized carbons (Fsp3) is 0.269. The summed E-state index contributed by atoms with van der Waals surface area (Å²) in [6.07, 6.45) is 3.42. The van der Waals surface area contributed by atoms with E-state index in [1.54, 1.807) is 24.5 Å². The number of aryl methyl sites for hydroxylation is 1. The molecule has 5 heterocycles. The number of hydrogen-bond donors (Lipinski definition) is 3. The highest BCUT2D eigenvalue weighted by atomic mass is 15.3. The van der Waals surface area contributed by atoms with Crippen LogP contribution in [0.25, 0.3) is 11.5 Å². The summed E-state index contributed by atoms with van der Waals surface area (Å²) in [5, 5.41) is 9.91. The standard InChI is InChI=1S/C26H27N9/c1-18-3-2-4-21(30-18)24-28-11-9-22(33-24)32-23-10-12-29-25(34-23)31-20-7-5-19(6-8-20)13-35-16-26(17-35)14-27-15-26/h2-12,27H,13-17H2,1H3,(H2,28,29,31,32,33,34). The van der Waals surface area contributed by atoms with Gasteiger partial charge in [-0.2, -0.15) is 4.98 Å². The Bertz CT molecular complexity index is 1330. The van der Waals surface area contributed by atoms with E-state index in [4.69, 9.17) is 0 Å². The lowest BCUT2D eigenvalue weighted by atomic mass is 9.74. The van der Waals surface area contributed by atoms with Gasteiger partial charge in [0.2, 0.25) is 5.95 Å². The summed E-state index contributed by atoms with van der Waals surface area (Å²) < 4.78 is 0. The highest BCUT2D eigenvalue weighted by Gasteiger charge is 2.46. The molecule has 1 spiro atoms. The van der Waals surface area contributed by atoms with Gasteiger partial charge in [0.25, 0.3) is 0 Å². The van der Waals surface area contributed by atoms with Gasteiger partial charge in [-0.15, -0.1) is 0 Å². The normalized spacial score (nSPS) is 16.4. The highest BCUT2D eigenvalue weighted by Crippen LogP contribution is 2.35. The Balaban J connectivity index is 1.09. The largest absolute Gasteiger partial charge is 0.325 e. The van der Waals surface area contributed by atoms with E-state index in [-0.39, 0.29) is 0 Å². The summed E-state index contributed by atoms with van der Waals surface area (Å²) in [5.74, 6) is 2.35. The minimum absolute atomic E-state index is 0.513. The molecule has 0 bridgehead atoms. The summed E-state index contributed by atoms with van der Waals surface area (Å²) in [6.45, 7) is 7.68. The van der Waals surface area contributed by atoms with Crippen molar-refractivity contribution in [1.82, 2.24) is 35.1 Å². The molecular formula is C26H27N9. The van der Waals surface area contributed by atoms with Gasteiger partial charge in [-0.05, 0) is 48.9 Å². The van der Waals surface area contributed by atoms with Gasteiger partial charge in [0.05, 0.1) is 0 Å². The molecule has 0 amide bonds. The topological polar surface area (TPSA) is 104 Å². The number of hydrogen-bond acceptors (Lipinski definition) is 9. The van der Waals surface area contributed by atoms with Crippen molar-refractivity contribution in [3.63, 3.8) is 0 Å². The SMILES string of the molecule is Cc1cccc(-c2nccc(Nc3ccnc(Nc4ccc(CN5CC6(CNC6)C5)cc4)n3)n2)n1. The summed E-state index contributed by atoms with van der Waals surface area (Å²) in [5.41, 5.74) is 4.48. The van der Waals surface area contributed by atoms with E-state index in [2.05, 4.69) is 70.0 Å². The Kier molecular flexibility index (Phi) is 5.55. The number of nitrogens with zero attached hydrogens (tertiary/aromatic N) is 6. The third-order valence-corrected chi connectivity index (χ3v) is 6.42. The number of likely N-dealkylation sites (tertiary alicyclic amines) is 1. The zero-order valence-electron chi connectivity index (χ0n) is 19.6. The summed E-state index contributed by atoms with van der Waals surface area (Å²) in [4.78, 5) is 24.9. The first-order chi connectivity index (χ1) is 17.1. The Hall–Kier alpha value is -3.95. The molecule has 3 aromatic heterocycles. The predicted octanol–water partition coefficient (Wildman–Crippen LogP) is 3.53. The predicted molar refractivity (Wildman–Crippen MR) is 136 cm³/mol. The molecule has 176 valence electrons. The van der Waals surface area contributed by atoms with E-state index in [0.717, 1.165) is 23.6 Å². The Morgan fingerprint density at radius 2 is 1.63 bits per heavy atom. The van der Waals surface area contributed by atoms with Gasteiger partial charge >= 0.3 is 0 Å². The molecule has 2 saturated heterocycles. The monoisotopic (exact) mass is 465 g/mol. The second-order valence-electron chi connectivity index (χ2n) is 9.39. The average Bonchev–Trinajstić information content (AvgIpc) is 2.81. The second kappa shape index (κ2) is 9.01. The third-order valence-electron chi connectivity index (χ3n) is 6.42. The van der Waals surface area contributed by atoms with Gasteiger partial charge in [0, 0.05) is 61.9 Å². The third kappa shape index (κ3) is 4.82. The fourth-order valence-electron chi connectivity index (χ4n) is 4.64. The number of nitrogens with one attached hydrogen (secondary N) is 3. The van der Waals surface area contributed by atoms with Gasteiger partial charge in [-0.3, -0.25) is 4.90 Å². The maximum Gasteiger partial charge on any atom is 0.229 e. The minimum Gasteiger partial charge on any atom is -0.325 e. The van der Waals surface area contributed by atoms with Crippen LogP contribution in [0.2, 0.25) is 0 Å². The van der Waals surface area contributed by atoms with Crippen LogP contribution in [0.4, 0.5) is 23.3 Å². The van der Waals surface area contributed by atoms with Crippen molar-refractivity contribution in [2.24, 2.45) is 5.41 Å². The molecule has 35 heavy (non-hydrogen) atoms. The van der Waals surface area contributed by atoms with Gasteiger partial charge in [0.15, 0.2) is 5.82 Å². The number of anilines is 4. The second-order valence-corrected chi connectivity index (χ2v) is 9.39. The van der Waals surface area contributed by atoms with Crippen LogP contribution in [-0.4, -0.2) is 56.0 Å². The first-order valence-electron chi connectivity index (χ1n) is 11.8. The van der Waals surface area contributed by atoms with E-state index in [0.29, 0.717) is 28.8 Å². The Morgan fingerprint density at radius 3 is 2.37 bits per heavy atom. The molecule has 9 nitrogen and oxygen atoms in total. The molecule has 2 aliphatic heterocycles. The van der Waals surface area contributed by atoms with E-state index < -0.39 is 0 Å². The van der Waals surface area contributed by atoms with Crippen LogP contribution < -0.4 is 16.0 Å². The fourth-order valence-corrected chi connectivity index (χ4v) is 4.64. The zero-order valence-corrected chi connectivity index (χ0v) is 19.6. The van der Waals surface area contributed by atoms with Crippen molar-refractivity contribution in [2.45, 2.75) is 13.5 Å². The maximum absolute atomic E-state index is 4.58. The highest BCUT2D eigenvalue weighted by molar-refractivity contribution is 5.59. The van der Waals surface area contributed by atoms with Crippen LogP contribution in [0.15, 0.2) is 67.0 Å². The van der Waals surface area contributed by atoms with Crippen LogP contribution in [-0.2, 0) is 6.54 Å². The van der Waals surface area contributed by atoms with Crippen molar-refractivity contribution in [3.8, 4) is 11.5 Å². The Morgan fingerprint density at radius 1 is 0.857 bits per heavy atom. The smallest absolute Gasteiger partial charge is 0.229 e. The number of rotatable bonds is 7. The molecule has 6 rings (SSSR count). The van der Waals surface area contributed by atoms with Crippen LogP contribution in [0.5, 0.6) is 0 Å². The molecular weight excluding hydrogens is 438 g/mol. The molecule has 0 radical (unpaired) electrons. The number of benzene rings is 1. The van der Waals surface area contributed by atoms with Crippen LogP contribution >= 0.6 is 0 Å². The van der Waals surface area contributed by atoms with Crippen LogP contribution in [0.1, 0.15) is 11.3 Å². The van der Waals surface area contributed by atoms with E-state index in [1.165, 1.54) is 31.7 Å². The van der Waals surface area contributed by atoms with Crippen molar-refractivity contribution in [3.05, 3.63) is 78.2 Å². The summed E-state index contributed by atoms with van der Waals surface area (Å²) >= 11 is 0. The van der Waals surface area contributed by atoms with E-state index in [1.807, 2.05) is 25.1 Å². The molecule has 0 atom stereocenters. The van der Waals surface area contributed by atoms with Gasteiger partial charge in [-0.1, -0.05) is 18.2 Å². The molecule has 2 aliphatic rings. The van der Waals surface area contributed by atoms with Crippen LogP contribution in [0, 0.1) is 12.3 Å². The lowest BCUT2D eigenvalue weighted by Crippen LogP contribution is -2.70. The number of pyridine rings is 1. The molecule has 3 N–H and O–H groups in total. The molecule has 9 heteroatoms. The molecule has 0 unspecified atom stereocenters. The molecule has 1 aromatic carbocycles. The van der Waals surface area contributed by atoms with E-state index in [9.17, 15) is 0 Å². The zero-order chi connectivity index (χ0) is 23.7. The van der Waals surface area contributed by atoms with Crippen molar-refractivity contribution in [1.29, 1.82) is 0 Å². The maximum atomic E-state index is 4.58. The van der Waals surface area contributed by atoms with Gasteiger partial charge in [-0.25, -0.2) is 19.9 Å². The van der Waals surface area contributed by atoms with Crippen molar-refractivity contribution in [2.75, 3.05) is 36.8 Å². The summed E-state index contributed by atoms with van der Waals surface area (Å²) in [6, 6.07) is 17.9. The van der Waals surface area contributed by atoms with Gasteiger partial charge < -0.3 is 16.0 Å². The molecule has 0 saturated carbocycles. The molecule has 0 aliphatic carbocycles. The first kappa shape index (κ1) is 21.6. The van der Waals surface area contributed by atoms with Gasteiger partial charge in [0.1, 0.15) is 17.3 Å². The van der Waals surface area contributed by atoms with Crippen molar-refractivity contribution < 1.29 is 0 Å². The lowest BCUT2D eigenvalue weighted by molar-refractivity contribution is -0.0444. The first-order valence-corrected chi connectivity index (χ1v) is 11.8. The minimum atomic E-state index is 0.513. The Labute approximate surface area is 204 Å². The molecule has 4 aromatic rings. The summed E-state index contributed by atoms with van der Waals surface area (Å²) in [7, 11) is 0. The number of aromatic nitrogens is 5. The lowest BCUT2D eigenvalue weighted by Gasteiger charge is -2.56. The average molecular weight is 466 g/mol. The quantitative estimate of drug-likeness (QED) is 0.378. The van der Waals surface area contributed by atoms with Crippen LogP contribution in [0.3, 0.4) is 0 Å². The van der Waals surface area contributed by atoms with E-state index >= 15 is 0 Å². The molecule has 2 fully saturated rings.